The second kappa shape index (κ2) is 8.57. The smallest absolute Gasteiger partial charge is 0.475 e. The lowest BCUT2D eigenvalue weighted by atomic mass is 10.4. The molecular weight excluding hydrogens is 447 g/mol. The van der Waals surface area contributed by atoms with Crippen molar-refractivity contribution in [2.75, 3.05) is 6.54 Å². The Hall–Kier alpha value is -2.71. The molecule has 4 heterocycles. The first-order chi connectivity index (χ1) is 14.1. The first kappa shape index (κ1) is 22.0. The minimum atomic E-state index is -5.08. The molecular formula is C16H16F3N5O4S2. The molecule has 1 aliphatic heterocycles. The highest BCUT2D eigenvalue weighted by Crippen LogP contribution is 2.25. The van der Waals surface area contributed by atoms with E-state index in [4.69, 9.17) is 9.90 Å². The zero-order chi connectivity index (χ0) is 21.9. The van der Waals surface area contributed by atoms with Crippen LogP contribution in [0.3, 0.4) is 0 Å². The van der Waals surface area contributed by atoms with Crippen LogP contribution in [0.25, 0.3) is 0 Å². The highest BCUT2D eigenvalue weighted by atomic mass is 32.2. The van der Waals surface area contributed by atoms with Gasteiger partial charge in [0.1, 0.15) is 10.0 Å². The molecule has 0 unspecified atom stereocenters. The largest absolute Gasteiger partial charge is 0.490 e. The lowest BCUT2D eigenvalue weighted by molar-refractivity contribution is -0.192. The van der Waals surface area contributed by atoms with Gasteiger partial charge in [0, 0.05) is 25.5 Å². The standard InChI is InChI=1S/C14H15N5O2S2.C2HF3O2/c20-23(21,14-3-1-8-22-14)18-6-7-19-12(9-15-13(19)11-18)10-17-5-2-4-16-17;3-2(4,5)1(6)7/h1-5,8-9H,6-7,10-11H2;(H,6,7). The maximum Gasteiger partial charge on any atom is 0.490 e. The first-order valence-corrected chi connectivity index (χ1v) is 10.8. The first-order valence-electron chi connectivity index (χ1n) is 8.43. The third kappa shape index (κ3) is 4.88. The van der Waals surface area contributed by atoms with Gasteiger partial charge in [0.05, 0.1) is 25.0 Å². The summed E-state index contributed by atoms with van der Waals surface area (Å²) in [7, 11) is -3.42. The van der Waals surface area contributed by atoms with E-state index in [2.05, 4.69) is 14.6 Å². The van der Waals surface area contributed by atoms with Gasteiger partial charge in [0.15, 0.2) is 0 Å². The van der Waals surface area contributed by atoms with Crippen molar-refractivity contribution in [3.8, 4) is 0 Å². The maximum absolute atomic E-state index is 12.6. The maximum atomic E-state index is 12.6. The van der Waals surface area contributed by atoms with Crippen molar-refractivity contribution in [3.63, 3.8) is 0 Å². The number of carbonyl (C=O) groups is 1. The summed E-state index contributed by atoms with van der Waals surface area (Å²) in [5.41, 5.74) is 1.04. The van der Waals surface area contributed by atoms with Crippen molar-refractivity contribution in [1.29, 1.82) is 0 Å². The van der Waals surface area contributed by atoms with Crippen LogP contribution in [0.1, 0.15) is 11.5 Å². The number of nitrogens with zero attached hydrogens (tertiary/aromatic N) is 5. The highest BCUT2D eigenvalue weighted by molar-refractivity contribution is 7.91. The Balaban J connectivity index is 0.000000318. The molecule has 0 bridgehead atoms. The molecule has 30 heavy (non-hydrogen) atoms. The Bertz CT molecular complexity index is 1090. The number of carboxylic acid groups (broad SMARTS) is 1. The average Bonchev–Trinajstić information content (AvgIpc) is 3.44. The normalized spacial score (nSPS) is 14.6. The third-order valence-electron chi connectivity index (χ3n) is 4.13. The molecule has 4 rings (SSSR count). The lowest BCUT2D eigenvalue weighted by Gasteiger charge is -2.27. The molecule has 9 nitrogen and oxygen atoms in total. The second-order valence-corrected chi connectivity index (χ2v) is 9.21. The minimum Gasteiger partial charge on any atom is -0.475 e. The summed E-state index contributed by atoms with van der Waals surface area (Å²) in [5, 5.41) is 13.1. The summed E-state index contributed by atoms with van der Waals surface area (Å²) >= 11 is 1.24. The van der Waals surface area contributed by atoms with E-state index in [0.717, 1.165) is 11.5 Å². The molecule has 162 valence electrons. The summed E-state index contributed by atoms with van der Waals surface area (Å²) < 4.78 is 62.7. The number of alkyl halides is 3. The number of hydrogen-bond donors (Lipinski definition) is 1. The molecule has 3 aromatic heterocycles. The number of hydrogen-bond acceptors (Lipinski definition) is 6. The molecule has 14 heteroatoms. The number of fused-ring (bicyclic) bond motifs is 1. The number of halogens is 3. The summed E-state index contributed by atoms with van der Waals surface area (Å²) in [4.78, 5) is 13.3. The molecule has 0 saturated carbocycles. The second-order valence-electron chi connectivity index (χ2n) is 6.09. The molecule has 1 N–H and O–H groups in total. The third-order valence-corrected chi connectivity index (χ3v) is 7.34. The number of carboxylic acids is 1. The van der Waals surface area contributed by atoms with E-state index in [1.807, 2.05) is 16.9 Å². The Morgan fingerprint density at radius 2 is 2.00 bits per heavy atom. The van der Waals surface area contributed by atoms with Crippen LogP contribution in [0.5, 0.6) is 0 Å². The molecule has 3 aromatic rings. The van der Waals surface area contributed by atoms with Crippen LogP contribution < -0.4 is 0 Å². The Kier molecular flexibility index (Phi) is 6.28. The van der Waals surface area contributed by atoms with Crippen LogP contribution in [-0.4, -0.2) is 55.9 Å². The number of aliphatic carboxylic acids is 1. The van der Waals surface area contributed by atoms with Crippen LogP contribution in [0.4, 0.5) is 13.2 Å². The molecule has 0 atom stereocenters. The summed E-state index contributed by atoms with van der Waals surface area (Å²) in [6.07, 6.45) is 0.359. The Morgan fingerprint density at radius 3 is 2.57 bits per heavy atom. The van der Waals surface area contributed by atoms with Gasteiger partial charge in [-0.05, 0) is 17.5 Å². The molecule has 0 spiro atoms. The van der Waals surface area contributed by atoms with Crippen LogP contribution in [-0.2, 0) is 34.5 Å². The molecule has 0 aliphatic carbocycles. The van der Waals surface area contributed by atoms with Crippen molar-refractivity contribution in [2.24, 2.45) is 0 Å². The summed E-state index contributed by atoms with van der Waals surface area (Å²) in [6.45, 7) is 2.00. The van der Waals surface area contributed by atoms with Gasteiger partial charge in [0.2, 0.25) is 0 Å². The lowest BCUT2D eigenvalue weighted by Crippen LogP contribution is -2.38. The van der Waals surface area contributed by atoms with Crippen molar-refractivity contribution < 1.29 is 31.5 Å². The number of rotatable bonds is 4. The van der Waals surface area contributed by atoms with E-state index in [9.17, 15) is 21.6 Å². The van der Waals surface area contributed by atoms with E-state index in [1.165, 1.54) is 15.6 Å². The molecule has 0 amide bonds. The van der Waals surface area contributed by atoms with E-state index < -0.39 is 22.2 Å². The fourth-order valence-corrected chi connectivity index (χ4v) is 5.26. The quantitative estimate of drug-likeness (QED) is 0.634. The van der Waals surface area contributed by atoms with Gasteiger partial charge < -0.3 is 9.67 Å². The number of thiophene rings is 1. The van der Waals surface area contributed by atoms with Gasteiger partial charge in [0.25, 0.3) is 10.0 Å². The fourth-order valence-electron chi connectivity index (χ4n) is 2.73. The van der Waals surface area contributed by atoms with Gasteiger partial charge >= 0.3 is 12.1 Å². The molecule has 0 aromatic carbocycles. The zero-order valence-corrected chi connectivity index (χ0v) is 16.9. The van der Waals surface area contributed by atoms with Crippen LogP contribution >= 0.6 is 11.3 Å². The predicted molar refractivity (Wildman–Crippen MR) is 99.2 cm³/mol. The predicted octanol–water partition coefficient (Wildman–Crippen LogP) is 2.03. The summed E-state index contributed by atoms with van der Waals surface area (Å²) in [6, 6.07) is 5.28. The molecule has 0 fully saturated rings. The monoisotopic (exact) mass is 463 g/mol. The van der Waals surface area contributed by atoms with Gasteiger partial charge in [-0.25, -0.2) is 18.2 Å². The van der Waals surface area contributed by atoms with Gasteiger partial charge in [-0.15, -0.1) is 11.3 Å². The van der Waals surface area contributed by atoms with Crippen molar-refractivity contribution >= 4 is 27.3 Å². The van der Waals surface area contributed by atoms with Crippen LogP contribution in [0.2, 0.25) is 0 Å². The topological polar surface area (TPSA) is 110 Å². The van der Waals surface area contributed by atoms with Crippen LogP contribution in [0, 0.1) is 0 Å². The van der Waals surface area contributed by atoms with E-state index in [0.29, 0.717) is 30.4 Å². The van der Waals surface area contributed by atoms with E-state index in [-0.39, 0.29) is 0 Å². The van der Waals surface area contributed by atoms with E-state index >= 15 is 0 Å². The van der Waals surface area contributed by atoms with E-state index in [1.54, 1.807) is 29.9 Å². The molecule has 0 radical (unpaired) electrons. The average molecular weight is 463 g/mol. The Morgan fingerprint density at radius 1 is 1.27 bits per heavy atom. The highest BCUT2D eigenvalue weighted by Gasteiger charge is 2.38. The number of sulfonamides is 1. The van der Waals surface area contributed by atoms with Crippen LogP contribution in [0.15, 0.2) is 46.4 Å². The Labute approximate surface area is 173 Å². The van der Waals surface area contributed by atoms with Crippen molar-refractivity contribution in [1.82, 2.24) is 23.6 Å². The van der Waals surface area contributed by atoms with Crippen molar-refractivity contribution in [2.45, 2.75) is 30.0 Å². The fraction of sp³-hybridized carbons (Fsp3) is 0.312. The number of aromatic nitrogens is 4. The summed E-state index contributed by atoms with van der Waals surface area (Å²) in [5.74, 6) is -1.98. The van der Waals surface area contributed by atoms with Crippen molar-refractivity contribution in [3.05, 3.63) is 53.7 Å². The SMILES string of the molecule is O=C(O)C(F)(F)F.O=S(=O)(c1cccs1)N1CCn2c(Cn3cccn3)cnc2C1. The minimum absolute atomic E-state index is 0.305. The molecule has 0 saturated heterocycles. The molecule has 1 aliphatic rings. The number of imidazole rings is 1. The zero-order valence-electron chi connectivity index (χ0n) is 15.2. The van der Waals surface area contributed by atoms with Gasteiger partial charge in [-0.3, -0.25) is 4.68 Å². The van der Waals surface area contributed by atoms with Gasteiger partial charge in [-0.1, -0.05) is 6.07 Å². The van der Waals surface area contributed by atoms with Gasteiger partial charge in [-0.2, -0.15) is 22.6 Å².